The zero-order valence-electron chi connectivity index (χ0n) is 7.72. The third kappa shape index (κ3) is 1.96. The van der Waals surface area contributed by atoms with Gasteiger partial charge in [-0.1, -0.05) is 13.8 Å². The monoisotopic (exact) mass is 179 g/mol. The highest BCUT2D eigenvalue weighted by atomic mass is 16.1. The zero-order chi connectivity index (χ0) is 10.0. The van der Waals surface area contributed by atoms with Gasteiger partial charge in [0.25, 0.3) is 5.56 Å². The molecule has 0 saturated heterocycles. The standard InChI is InChI=1S/C9H13N3O/c1-5(2)7-4-3-6(8(10)11)9(13)12-7/h3-5H,1-2H3,(H3,10,11)(H,12,13). The number of rotatable bonds is 2. The number of nitrogen functional groups attached to an aromatic ring is 1. The average molecular weight is 179 g/mol. The van der Waals surface area contributed by atoms with Gasteiger partial charge < -0.3 is 10.7 Å². The van der Waals surface area contributed by atoms with Crippen molar-refractivity contribution in [1.82, 2.24) is 4.98 Å². The molecule has 0 aromatic carbocycles. The lowest BCUT2D eigenvalue weighted by molar-refractivity contribution is 0.815. The molecule has 0 bridgehead atoms. The summed E-state index contributed by atoms with van der Waals surface area (Å²) in [6.07, 6.45) is 0. The van der Waals surface area contributed by atoms with Gasteiger partial charge in [-0.05, 0) is 18.1 Å². The Kier molecular flexibility index (Phi) is 2.51. The molecule has 0 amide bonds. The maximum Gasteiger partial charge on any atom is 0.259 e. The van der Waals surface area contributed by atoms with Crippen LogP contribution in [0.15, 0.2) is 16.9 Å². The molecule has 0 aliphatic rings. The van der Waals surface area contributed by atoms with Gasteiger partial charge in [0, 0.05) is 5.69 Å². The molecule has 4 N–H and O–H groups in total. The Bertz CT molecular complexity index is 379. The summed E-state index contributed by atoms with van der Waals surface area (Å²) in [5.74, 6) is 0.0743. The van der Waals surface area contributed by atoms with Crippen molar-refractivity contribution >= 4 is 5.84 Å². The molecule has 0 unspecified atom stereocenters. The molecule has 0 aliphatic carbocycles. The highest BCUT2D eigenvalue weighted by Crippen LogP contribution is 2.08. The van der Waals surface area contributed by atoms with Gasteiger partial charge in [-0.15, -0.1) is 0 Å². The van der Waals surface area contributed by atoms with Gasteiger partial charge in [-0.2, -0.15) is 0 Å². The van der Waals surface area contributed by atoms with Crippen LogP contribution in [0.25, 0.3) is 0 Å². The topological polar surface area (TPSA) is 82.7 Å². The van der Waals surface area contributed by atoms with Gasteiger partial charge in [0.1, 0.15) is 5.84 Å². The number of hydrogen-bond donors (Lipinski definition) is 3. The van der Waals surface area contributed by atoms with E-state index in [1.54, 1.807) is 12.1 Å². The van der Waals surface area contributed by atoms with E-state index in [1.165, 1.54) is 0 Å². The van der Waals surface area contributed by atoms with Crippen LogP contribution >= 0.6 is 0 Å². The lowest BCUT2D eigenvalue weighted by atomic mass is 10.1. The summed E-state index contributed by atoms with van der Waals surface area (Å²) in [5, 5.41) is 7.11. The van der Waals surface area contributed by atoms with Crippen LogP contribution in [0.3, 0.4) is 0 Å². The molecular formula is C9H13N3O. The number of pyridine rings is 1. The van der Waals surface area contributed by atoms with Gasteiger partial charge >= 0.3 is 0 Å². The Morgan fingerprint density at radius 1 is 1.54 bits per heavy atom. The molecule has 1 rings (SSSR count). The fourth-order valence-electron chi connectivity index (χ4n) is 1.04. The van der Waals surface area contributed by atoms with Gasteiger partial charge in [-0.3, -0.25) is 10.2 Å². The second kappa shape index (κ2) is 3.43. The first-order chi connectivity index (χ1) is 6.02. The fraction of sp³-hybridized carbons (Fsp3) is 0.333. The van der Waals surface area contributed by atoms with Crippen LogP contribution in [-0.4, -0.2) is 10.8 Å². The molecule has 0 radical (unpaired) electrons. The fourth-order valence-corrected chi connectivity index (χ4v) is 1.04. The normalized spacial score (nSPS) is 10.4. The van der Waals surface area contributed by atoms with Crippen LogP contribution < -0.4 is 11.3 Å². The molecule has 1 heterocycles. The first-order valence-corrected chi connectivity index (χ1v) is 4.10. The van der Waals surface area contributed by atoms with Crippen LogP contribution in [0.4, 0.5) is 0 Å². The van der Waals surface area contributed by atoms with Crippen LogP contribution in [-0.2, 0) is 0 Å². The SMILES string of the molecule is CC(C)c1ccc(C(=N)N)c(=O)[nH]1. The van der Waals surface area contributed by atoms with Crippen LogP contribution in [0.5, 0.6) is 0 Å². The second-order valence-corrected chi connectivity index (χ2v) is 3.22. The van der Waals surface area contributed by atoms with E-state index in [-0.39, 0.29) is 22.9 Å². The van der Waals surface area contributed by atoms with Crippen molar-refractivity contribution in [1.29, 1.82) is 5.41 Å². The van der Waals surface area contributed by atoms with Crippen molar-refractivity contribution in [3.8, 4) is 0 Å². The average Bonchev–Trinajstić information content (AvgIpc) is 2.03. The van der Waals surface area contributed by atoms with Crippen LogP contribution in [0.2, 0.25) is 0 Å². The Hall–Kier alpha value is -1.58. The smallest absolute Gasteiger partial charge is 0.259 e. The summed E-state index contributed by atoms with van der Waals surface area (Å²) < 4.78 is 0. The van der Waals surface area contributed by atoms with Crippen LogP contribution in [0, 0.1) is 5.41 Å². The molecule has 1 aromatic rings. The van der Waals surface area contributed by atoms with Crippen molar-refractivity contribution in [3.63, 3.8) is 0 Å². The molecule has 4 nitrogen and oxygen atoms in total. The van der Waals surface area contributed by atoms with Crippen molar-refractivity contribution in [2.24, 2.45) is 5.73 Å². The van der Waals surface area contributed by atoms with E-state index in [1.807, 2.05) is 13.8 Å². The lowest BCUT2D eigenvalue weighted by Gasteiger charge is -2.05. The molecule has 0 fully saturated rings. The highest BCUT2D eigenvalue weighted by Gasteiger charge is 2.05. The Balaban J connectivity index is 3.21. The zero-order valence-corrected chi connectivity index (χ0v) is 7.72. The summed E-state index contributed by atoms with van der Waals surface area (Å²) in [7, 11) is 0. The van der Waals surface area contributed by atoms with E-state index in [9.17, 15) is 4.79 Å². The first-order valence-electron chi connectivity index (χ1n) is 4.10. The van der Waals surface area contributed by atoms with Crippen molar-refractivity contribution in [2.45, 2.75) is 19.8 Å². The lowest BCUT2D eigenvalue weighted by Crippen LogP contribution is -2.24. The number of nitrogens with one attached hydrogen (secondary N) is 2. The second-order valence-electron chi connectivity index (χ2n) is 3.22. The number of amidine groups is 1. The third-order valence-corrected chi connectivity index (χ3v) is 1.84. The van der Waals surface area contributed by atoms with E-state index < -0.39 is 0 Å². The largest absolute Gasteiger partial charge is 0.384 e. The van der Waals surface area contributed by atoms with E-state index >= 15 is 0 Å². The predicted molar refractivity (Wildman–Crippen MR) is 52.2 cm³/mol. The van der Waals surface area contributed by atoms with E-state index in [4.69, 9.17) is 11.1 Å². The molecule has 0 aliphatic heterocycles. The van der Waals surface area contributed by atoms with Crippen LogP contribution in [0.1, 0.15) is 31.0 Å². The van der Waals surface area contributed by atoms with Gasteiger partial charge in [-0.25, -0.2) is 0 Å². The third-order valence-electron chi connectivity index (χ3n) is 1.84. The number of nitrogens with two attached hydrogens (primary N) is 1. The van der Waals surface area contributed by atoms with E-state index in [0.29, 0.717) is 0 Å². The summed E-state index contributed by atoms with van der Waals surface area (Å²) in [5.41, 5.74) is 5.99. The summed E-state index contributed by atoms with van der Waals surface area (Å²) in [6, 6.07) is 3.36. The molecule has 0 atom stereocenters. The quantitative estimate of drug-likeness (QED) is 0.463. The van der Waals surface area contributed by atoms with E-state index in [0.717, 1.165) is 5.69 Å². The molecule has 1 aromatic heterocycles. The van der Waals surface area contributed by atoms with Crippen molar-refractivity contribution < 1.29 is 0 Å². The first kappa shape index (κ1) is 9.51. The molecule has 4 heteroatoms. The van der Waals surface area contributed by atoms with Gasteiger partial charge in [0.15, 0.2) is 0 Å². The molecule has 0 saturated carbocycles. The number of aromatic nitrogens is 1. The Morgan fingerprint density at radius 3 is 2.54 bits per heavy atom. The summed E-state index contributed by atoms with van der Waals surface area (Å²) in [4.78, 5) is 14.0. The number of hydrogen-bond acceptors (Lipinski definition) is 2. The summed E-state index contributed by atoms with van der Waals surface area (Å²) in [6.45, 7) is 3.97. The molecule has 0 spiro atoms. The van der Waals surface area contributed by atoms with Crippen molar-refractivity contribution in [2.75, 3.05) is 0 Å². The predicted octanol–water partition coefficient (Wildman–Crippen LogP) is 0.782. The van der Waals surface area contributed by atoms with Crippen molar-refractivity contribution in [3.05, 3.63) is 33.7 Å². The Labute approximate surface area is 76.3 Å². The maximum atomic E-state index is 11.3. The minimum absolute atomic E-state index is 0.198. The maximum absolute atomic E-state index is 11.3. The Morgan fingerprint density at radius 2 is 2.15 bits per heavy atom. The van der Waals surface area contributed by atoms with Gasteiger partial charge in [0.2, 0.25) is 0 Å². The minimum Gasteiger partial charge on any atom is -0.384 e. The van der Waals surface area contributed by atoms with E-state index in [2.05, 4.69) is 4.98 Å². The number of H-pyrrole nitrogens is 1. The summed E-state index contributed by atoms with van der Waals surface area (Å²) >= 11 is 0. The minimum atomic E-state index is -0.293. The molecular weight excluding hydrogens is 166 g/mol. The highest BCUT2D eigenvalue weighted by molar-refractivity contribution is 5.94. The van der Waals surface area contributed by atoms with Gasteiger partial charge in [0.05, 0.1) is 5.56 Å². The number of aromatic amines is 1. The molecule has 70 valence electrons. The molecule has 13 heavy (non-hydrogen) atoms.